The number of nitrogens with zero attached hydrogens (tertiary/aromatic N) is 2. The fourth-order valence-electron chi connectivity index (χ4n) is 4.06. The maximum Gasteiger partial charge on any atom is 0.355 e. The Morgan fingerprint density at radius 3 is 2.22 bits per heavy atom. The molecule has 0 N–H and O–H groups in total. The van der Waals surface area contributed by atoms with Gasteiger partial charge in [0.25, 0.3) is 0 Å². The van der Waals surface area contributed by atoms with Crippen molar-refractivity contribution in [3.63, 3.8) is 0 Å². The molecule has 5 rings (SSSR count). The largest absolute Gasteiger partial charge is 0.461 e. The van der Waals surface area contributed by atoms with Crippen molar-refractivity contribution in [1.82, 2.24) is 0 Å². The highest BCUT2D eigenvalue weighted by atomic mass is 32.1. The smallest absolute Gasteiger partial charge is 0.355 e. The Labute approximate surface area is 188 Å². The summed E-state index contributed by atoms with van der Waals surface area (Å²) >= 11 is 1.43. The summed E-state index contributed by atoms with van der Waals surface area (Å²) in [6.07, 6.45) is 0. The molecule has 0 radical (unpaired) electrons. The van der Waals surface area contributed by atoms with Gasteiger partial charge in [-0.1, -0.05) is 48.5 Å². The fraction of sp³-hybridized carbons (Fsp3) is 0.120. The lowest BCUT2D eigenvalue weighted by Gasteiger charge is -2.21. The van der Waals surface area contributed by atoms with E-state index in [4.69, 9.17) is 4.74 Å². The SMILES string of the molecule is CCOC(=O)C1=NN(c2ccccc2)C(=C2C(=O)c3ccccc3C2=O)C1c1cccs1. The molecule has 1 aromatic heterocycles. The number of rotatable bonds is 4. The van der Waals surface area contributed by atoms with Gasteiger partial charge in [-0.05, 0) is 30.5 Å². The highest BCUT2D eigenvalue weighted by Gasteiger charge is 2.46. The molecule has 0 fully saturated rings. The Morgan fingerprint density at radius 2 is 1.62 bits per heavy atom. The van der Waals surface area contributed by atoms with Gasteiger partial charge in [0.05, 0.1) is 29.5 Å². The summed E-state index contributed by atoms with van der Waals surface area (Å²) in [5.74, 6) is -1.98. The van der Waals surface area contributed by atoms with Gasteiger partial charge in [-0.3, -0.25) is 9.59 Å². The van der Waals surface area contributed by atoms with Crippen molar-refractivity contribution in [1.29, 1.82) is 0 Å². The van der Waals surface area contributed by atoms with Gasteiger partial charge in [0.15, 0.2) is 17.3 Å². The highest BCUT2D eigenvalue weighted by molar-refractivity contribution is 7.10. The molecule has 32 heavy (non-hydrogen) atoms. The molecule has 3 aromatic rings. The minimum atomic E-state index is -0.688. The number of Topliss-reactive ketones (excluding diaryl/α,β-unsaturated/α-hetero) is 2. The van der Waals surface area contributed by atoms with E-state index in [-0.39, 0.29) is 29.5 Å². The van der Waals surface area contributed by atoms with Crippen LogP contribution in [0.25, 0.3) is 0 Å². The first kappa shape index (κ1) is 20.1. The molecular formula is C25H18N2O4S. The zero-order valence-electron chi connectivity index (χ0n) is 17.1. The second kappa shape index (κ2) is 8.01. The second-order valence-electron chi connectivity index (χ2n) is 7.27. The fourth-order valence-corrected chi connectivity index (χ4v) is 4.89. The maximum absolute atomic E-state index is 13.4. The lowest BCUT2D eigenvalue weighted by atomic mass is 9.92. The van der Waals surface area contributed by atoms with E-state index in [1.54, 1.807) is 31.2 Å². The monoisotopic (exact) mass is 442 g/mol. The number of allylic oxidation sites excluding steroid dienone is 2. The van der Waals surface area contributed by atoms with Crippen LogP contribution in [-0.2, 0) is 9.53 Å². The Bertz CT molecular complexity index is 1260. The van der Waals surface area contributed by atoms with Crippen molar-refractivity contribution in [2.24, 2.45) is 5.10 Å². The number of thiophene rings is 1. The zero-order chi connectivity index (χ0) is 22.2. The number of para-hydroxylation sites is 1. The van der Waals surface area contributed by atoms with Crippen LogP contribution in [0, 0.1) is 0 Å². The summed E-state index contributed by atoms with van der Waals surface area (Å²) < 4.78 is 5.28. The third-order valence-electron chi connectivity index (χ3n) is 5.42. The molecule has 0 saturated heterocycles. The highest BCUT2D eigenvalue weighted by Crippen LogP contribution is 2.44. The van der Waals surface area contributed by atoms with Crippen LogP contribution in [0.5, 0.6) is 0 Å². The summed E-state index contributed by atoms with van der Waals surface area (Å²) in [4.78, 5) is 40.5. The van der Waals surface area contributed by atoms with E-state index in [1.807, 2.05) is 47.8 Å². The molecular weight excluding hydrogens is 424 g/mol. The first-order chi connectivity index (χ1) is 15.6. The third kappa shape index (κ3) is 3.09. The maximum atomic E-state index is 13.4. The lowest BCUT2D eigenvalue weighted by Crippen LogP contribution is -2.25. The molecule has 1 atom stereocenters. The van der Waals surface area contributed by atoms with E-state index in [1.165, 1.54) is 16.3 Å². The van der Waals surface area contributed by atoms with E-state index in [9.17, 15) is 14.4 Å². The average Bonchev–Trinajstić information content (AvgIpc) is 3.52. The Morgan fingerprint density at radius 1 is 0.969 bits per heavy atom. The van der Waals surface area contributed by atoms with Crippen molar-refractivity contribution in [2.45, 2.75) is 12.8 Å². The zero-order valence-corrected chi connectivity index (χ0v) is 18.0. The quantitative estimate of drug-likeness (QED) is 0.335. The molecule has 0 amide bonds. The van der Waals surface area contributed by atoms with Crippen molar-refractivity contribution in [2.75, 3.05) is 11.6 Å². The van der Waals surface area contributed by atoms with Crippen molar-refractivity contribution >= 4 is 40.3 Å². The van der Waals surface area contributed by atoms with E-state index in [0.29, 0.717) is 22.5 Å². The predicted molar refractivity (Wildman–Crippen MR) is 122 cm³/mol. The molecule has 2 aromatic carbocycles. The molecule has 2 aliphatic rings. The van der Waals surface area contributed by atoms with Gasteiger partial charge in [0.2, 0.25) is 0 Å². The molecule has 0 spiro atoms. The van der Waals surface area contributed by atoms with E-state index in [2.05, 4.69) is 5.10 Å². The van der Waals surface area contributed by atoms with Gasteiger partial charge in [-0.25, -0.2) is 9.80 Å². The number of hydrogen-bond acceptors (Lipinski definition) is 7. The minimum absolute atomic E-state index is 0.0384. The van der Waals surface area contributed by atoms with Gasteiger partial charge in [-0.2, -0.15) is 5.10 Å². The summed E-state index contributed by atoms with van der Waals surface area (Å²) in [5, 5.41) is 8.01. The number of esters is 1. The number of fused-ring (bicyclic) bond motifs is 1. The molecule has 0 bridgehead atoms. The Hall–Kier alpha value is -3.84. The van der Waals surface area contributed by atoms with Crippen molar-refractivity contribution in [3.8, 4) is 0 Å². The molecule has 7 heteroatoms. The van der Waals surface area contributed by atoms with E-state index in [0.717, 1.165) is 4.88 Å². The van der Waals surface area contributed by atoms with Gasteiger partial charge < -0.3 is 4.74 Å². The van der Waals surface area contributed by atoms with Gasteiger partial charge in [0.1, 0.15) is 0 Å². The van der Waals surface area contributed by atoms with Crippen LogP contribution < -0.4 is 5.01 Å². The van der Waals surface area contributed by atoms with Crippen LogP contribution in [0.1, 0.15) is 38.4 Å². The molecule has 158 valence electrons. The normalized spacial score (nSPS) is 17.6. The van der Waals surface area contributed by atoms with Gasteiger partial charge in [0, 0.05) is 16.0 Å². The predicted octanol–water partition coefficient (Wildman–Crippen LogP) is 4.60. The number of ether oxygens (including phenoxy) is 1. The Balaban J connectivity index is 1.78. The number of carbonyl (C=O) groups excluding carboxylic acids is 3. The first-order valence-corrected chi connectivity index (χ1v) is 11.1. The topological polar surface area (TPSA) is 76.0 Å². The molecule has 0 saturated carbocycles. The van der Waals surface area contributed by atoms with Gasteiger partial charge >= 0.3 is 5.97 Å². The number of hydrogen-bond donors (Lipinski definition) is 0. The van der Waals surface area contributed by atoms with Crippen molar-refractivity contribution < 1.29 is 19.1 Å². The number of hydrazone groups is 1. The standard InChI is InChI=1S/C25H18N2O4S/c1-2-31-25(30)21-19(18-13-8-14-32-18)22(27(26-21)15-9-4-3-5-10-15)20-23(28)16-11-6-7-12-17(16)24(20)29/h3-14,19H,2H2,1H3. The summed E-state index contributed by atoms with van der Waals surface area (Å²) in [6.45, 7) is 1.91. The number of carbonyl (C=O) groups is 3. The van der Waals surface area contributed by atoms with Gasteiger partial charge in [-0.15, -0.1) is 11.3 Å². The minimum Gasteiger partial charge on any atom is -0.461 e. The third-order valence-corrected chi connectivity index (χ3v) is 6.36. The molecule has 6 nitrogen and oxygen atoms in total. The first-order valence-electron chi connectivity index (χ1n) is 10.2. The van der Waals surface area contributed by atoms with E-state index >= 15 is 0 Å². The summed E-state index contributed by atoms with van der Waals surface area (Å²) in [5.41, 5.74) is 1.94. The number of ketones is 2. The molecule has 1 aliphatic carbocycles. The summed E-state index contributed by atoms with van der Waals surface area (Å²) in [6, 6.07) is 19.7. The second-order valence-corrected chi connectivity index (χ2v) is 8.24. The molecule has 1 unspecified atom stereocenters. The van der Waals surface area contributed by atoms with Crippen molar-refractivity contribution in [3.05, 3.63) is 99.4 Å². The van der Waals surface area contributed by atoms with Crippen LogP contribution in [0.3, 0.4) is 0 Å². The number of anilines is 1. The number of benzene rings is 2. The van der Waals surface area contributed by atoms with E-state index < -0.39 is 11.9 Å². The van der Waals surface area contributed by atoms with Crippen LogP contribution in [0.4, 0.5) is 5.69 Å². The molecule has 1 aliphatic heterocycles. The van der Waals surface area contributed by atoms with Crippen LogP contribution in [-0.4, -0.2) is 29.9 Å². The lowest BCUT2D eigenvalue weighted by molar-refractivity contribution is -0.135. The Kier molecular flexibility index (Phi) is 5.03. The molecule has 2 heterocycles. The van der Waals surface area contributed by atoms with Crippen LogP contribution in [0.2, 0.25) is 0 Å². The van der Waals surface area contributed by atoms with Crippen LogP contribution >= 0.6 is 11.3 Å². The van der Waals surface area contributed by atoms with Crippen LogP contribution in [0.15, 0.2) is 88.5 Å². The summed E-state index contributed by atoms with van der Waals surface area (Å²) in [7, 11) is 0. The average molecular weight is 442 g/mol.